The quantitative estimate of drug-likeness (QED) is 0.784. The van der Waals surface area contributed by atoms with Crippen molar-refractivity contribution < 1.29 is 14.3 Å². The van der Waals surface area contributed by atoms with Gasteiger partial charge in [0, 0.05) is 24.4 Å². The molecule has 0 atom stereocenters. The van der Waals surface area contributed by atoms with Crippen LogP contribution in [0.4, 0.5) is 0 Å². The van der Waals surface area contributed by atoms with E-state index in [1.165, 1.54) is 10.4 Å². The van der Waals surface area contributed by atoms with E-state index in [-0.39, 0.29) is 24.7 Å². The van der Waals surface area contributed by atoms with Crippen LogP contribution in [0.1, 0.15) is 30.2 Å². The summed E-state index contributed by atoms with van der Waals surface area (Å²) >= 11 is 1.75. The largest absolute Gasteiger partial charge is 0.466 e. The minimum atomic E-state index is -0.293. The van der Waals surface area contributed by atoms with Gasteiger partial charge in [-0.2, -0.15) is 0 Å². The zero-order valence-electron chi connectivity index (χ0n) is 10.5. The summed E-state index contributed by atoms with van der Waals surface area (Å²) in [4.78, 5) is 26.4. The molecule has 0 unspecified atom stereocenters. The van der Waals surface area contributed by atoms with Crippen LogP contribution < -0.4 is 0 Å². The molecule has 2 rings (SSSR count). The molecule has 0 spiro atoms. The first-order valence-electron chi connectivity index (χ1n) is 6.19. The van der Waals surface area contributed by atoms with Crippen LogP contribution in [0.25, 0.3) is 0 Å². The summed E-state index contributed by atoms with van der Waals surface area (Å²) in [6, 6.07) is 2.07. The van der Waals surface area contributed by atoms with Gasteiger partial charge >= 0.3 is 5.97 Å². The summed E-state index contributed by atoms with van der Waals surface area (Å²) in [5.74, 6) is -0.251. The number of rotatable bonds is 4. The lowest BCUT2D eigenvalue weighted by atomic mass is 10.1. The Bertz CT molecular complexity index is 441. The number of fused-ring (bicyclic) bond motifs is 1. The molecule has 0 fully saturated rings. The number of nitrogens with zero attached hydrogens (tertiary/aromatic N) is 1. The molecule has 0 aliphatic carbocycles. The summed E-state index contributed by atoms with van der Waals surface area (Å²) < 4.78 is 4.82. The van der Waals surface area contributed by atoms with Crippen LogP contribution in [0.5, 0.6) is 0 Å². The van der Waals surface area contributed by atoms with Crippen molar-refractivity contribution in [3.63, 3.8) is 0 Å². The Labute approximate surface area is 111 Å². The molecule has 0 aromatic carbocycles. The molecule has 0 N–H and O–H groups in total. The van der Waals surface area contributed by atoms with Crippen molar-refractivity contribution in [3.8, 4) is 0 Å². The molecule has 1 aliphatic heterocycles. The maximum atomic E-state index is 12.0. The number of ether oxygens (including phenoxy) is 1. The predicted molar refractivity (Wildman–Crippen MR) is 69.3 cm³/mol. The summed E-state index contributed by atoms with van der Waals surface area (Å²) in [6.07, 6.45) is 1.36. The highest BCUT2D eigenvalue weighted by molar-refractivity contribution is 7.10. The second-order valence-corrected chi connectivity index (χ2v) is 5.24. The van der Waals surface area contributed by atoms with Gasteiger partial charge in [-0.15, -0.1) is 11.3 Å². The van der Waals surface area contributed by atoms with Crippen molar-refractivity contribution in [2.45, 2.75) is 32.7 Å². The van der Waals surface area contributed by atoms with Gasteiger partial charge in [0.2, 0.25) is 5.91 Å². The molecule has 0 saturated carbocycles. The fourth-order valence-electron chi connectivity index (χ4n) is 2.06. The summed E-state index contributed by atoms with van der Waals surface area (Å²) in [5.41, 5.74) is 1.25. The number of amides is 1. The Kier molecular flexibility index (Phi) is 4.36. The predicted octanol–water partition coefficient (Wildman–Crippen LogP) is 1.98. The molecular weight excluding hydrogens is 250 g/mol. The van der Waals surface area contributed by atoms with Crippen molar-refractivity contribution in [1.82, 2.24) is 4.90 Å². The first-order chi connectivity index (χ1) is 8.70. The maximum Gasteiger partial charge on any atom is 0.306 e. The Morgan fingerprint density at radius 1 is 1.44 bits per heavy atom. The highest BCUT2D eigenvalue weighted by atomic mass is 32.1. The molecule has 98 valence electrons. The van der Waals surface area contributed by atoms with E-state index < -0.39 is 0 Å². The number of carbonyl (C=O) groups excluding carboxylic acids is 2. The number of thiophene rings is 1. The second kappa shape index (κ2) is 6.00. The van der Waals surface area contributed by atoms with Gasteiger partial charge in [-0.3, -0.25) is 9.59 Å². The van der Waals surface area contributed by atoms with E-state index in [9.17, 15) is 9.59 Å². The third-order valence-corrected chi connectivity index (χ3v) is 4.03. The van der Waals surface area contributed by atoms with Gasteiger partial charge in [0.1, 0.15) is 0 Å². The van der Waals surface area contributed by atoms with E-state index in [4.69, 9.17) is 4.74 Å². The van der Waals surface area contributed by atoms with Gasteiger partial charge in [0.15, 0.2) is 0 Å². The molecule has 0 bridgehead atoms. The molecule has 18 heavy (non-hydrogen) atoms. The standard InChI is InChI=1S/C13H17NO3S/c1-2-17-13(16)4-3-12(15)14-7-5-11-10(9-14)6-8-18-11/h6,8H,2-5,7,9H2,1H3. The Balaban J connectivity index is 1.82. The molecule has 0 saturated heterocycles. The van der Waals surface area contributed by atoms with Crippen LogP contribution in [-0.4, -0.2) is 29.9 Å². The highest BCUT2D eigenvalue weighted by Gasteiger charge is 2.21. The van der Waals surface area contributed by atoms with Gasteiger partial charge in [-0.1, -0.05) is 0 Å². The first-order valence-corrected chi connectivity index (χ1v) is 7.07. The van der Waals surface area contributed by atoms with Crippen LogP contribution in [0.3, 0.4) is 0 Å². The number of hydrogen-bond acceptors (Lipinski definition) is 4. The zero-order chi connectivity index (χ0) is 13.0. The van der Waals surface area contributed by atoms with Crippen molar-refractivity contribution in [2.75, 3.05) is 13.2 Å². The van der Waals surface area contributed by atoms with Crippen LogP contribution >= 0.6 is 11.3 Å². The van der Waals surface area contributed by atoms with E-state index in [0.717, 1.165) is 13.0 Å². The normalized spacial score (nSPS) is 14.2. The van der Waals surface area contributed by atoms with Gasteiger partial charge in [-0.25, -0.2) is 0 Å². The first kappa shape index (κ1) is 13.1. The topological polar surface area (TPSA) is 46.6 Å². The fraction of sp³-hybridized carbons (Fsp3) is 0.538. The number of esters is 1. The molecule has 4 nitrogen and oxygen atoms in total. The summed E-state index contributed by atoms with van der Waals surface area (Å²) in [5, 5.41) is 2.07. The Hall–Kier alpha value is -1.36. The average Bonchev–Trinajstić information content (AvgIpc) is 2.83. The third-order valence-electron chi connectivity index (χ3n) is 3.01. The van der Waals surface area contributed by atoms with E-state index in [2.05, 4.69) is 11.4 Å². The van der Waals surface area contributed by atoms with Gasteiger partial charge in [-0.05, 0) is 30.4 Å². The lowest BCUT2D eigenvalue weighted by molar-refractivity contribution is -0.145. The number of carbonyl (C=O) groups is 2. The summed E-state index contributed by atoms with van der Waals surface area (Å²) in [6.45, 7) is 3.58. The van der Waals surface area contributed by atoms with Gasteiger partial charge in [0.05, 0.1) is 13.0 Å². The molecular formula is C13H17NO3S. The fourth-order valence-corrected chi connectivity index (χ4v) is 2.95. The number of hydrogen-bond donors (Lipinski definition) is 0. The minimum absolute atomic E-state index is 0.0416. The van der Waals surface area contributed by atoms with E-state index in [1.54, 1.807) is 18.3 Å². The maximum absolute atomic E-state index is 12.0. The molecule has 0 radical (unpaired) electrons. The van der Waals surface area contributed by atoms with Crippen LogP contribution in [0.15, 0.2) is 11.4 Å². The van der Waals surface area contributed by atoms with Crippen LogP contribution in [0.2, 0.25) is 0 Å². The third kappa shape index (κ3) is 3.10. The lowest BCUT2D eigenvalue weighted by Crippen LogP contribution is -2.35. The van der Waals surface area contributed by atoms with E-state index in [0.29, 0.717) is 13.2 Å². The molecule has 1 aromatic heterocycles. The van der Waals surface area contributed by atoms with E-state index in [1.807, 2.05) is 4.90 Å². The molecule has 5 heteroatoms. The van der Waals surface area contributed by atoms with Crippen molar-refractivity contribution in [1.29, 1.82) is 0 Å². The smallest absolute Gasteiger partial charge is 0.306 e. The Morgan fingerprint density at radius 2 is 2.28 bits per heavy atom. The van der Waals surface area contributed by atoms with Crippen LogP contribution in [0, 0.1) is 0 Å². The minimum Gasteiger partial charge on any atom is -0.466 e. The van der Waals surface area contributed by atoms with Crippen molar-refractivity contribution >= 4 is 23.2 Å². The second-order valence-electron chi connectivity index (χ2n) is 4.24. The zero-order valence-corrected chi connectivity index (χ0v) is 11.3. The van der Waals surface area contributed by atoms with Crippen LogP contribution in [-0.2, 0) is 27.3 Å². The van der Waals surface area contributed by atoms with Gasteiger partial charge < -0.3 is 9.64 Å². The average molecular weight is 267 g/mol. The molecule has 1 amide bonds. The van der Waals surface area contributed by atoms with Gasteiger partial charge in [0.25, 0.3) is 0 Å². The molecule has 1 aromatic rings. The monoisotopic (exact) mass is 267 g/mol. The van der Waals surface area contributed by atoms with E-state index >= 15 is 0 Å². The van der Waals surface area contributed by atoms with Crippen molar-refractivity contribution in [2.24, 2.45) is 0 Å². The van der Waals surface area contributed by atoms with Crippen molar-refractivity contribution in [3.05, 3.63) is 21.9 Å². The highest BCUT2D eigenvalue weighted by Crippen LogP contribution is 2.24. The molecule has 1 aliphatic rings. The lowest BCUT2D eigenvalue weighted by Gasteiger charge is -2.26. The SMILES string of the molecule is CCOC(=O)CCC(=O)N1CCc2sccc2C1. The summed E-state index contributed by atoms with van der Waals surface area (Å²) in [7, 11) is 0. The Morgan fingerprint density at radius 3 is 3.06 bits per heavy atom. The molecule has 2 heterocycles.